The predicted octanol–water partition coefficient (Wildman–Crippen LogP) is -0.885. The molecule has 0 aliphatic carbocycles. The van der Waals surface area contributed by atoms with Crippen LogP contribution >= 0.6 is 0 Å². The molecule has 0 N–H and O–H groups in total. The van der Waals surface area contributed by atoms with Gasteiger partial charge in [-0.2, -0.15) is 0 Å². The van der Waals surface area contributed by atoms with E-state index in [1.807, 2.05) is 12.4 Å². The number of likely N-dealkylation sites (N-methyl/N-ethyl adjacent to an activating group) is 1. The molecule has 0 amide bonds. The molecule has 0 fully saturated rings. The molecule has 0 atom stereocenters. The minimum absolute atomic E-state index is 0. The number of halogens is 1. The van der Waals surface area contributed by atoms with E-state index in [4.69, 9.17) is 0 Å². The molecule has 3 heteroatoms. The average Bonchev–Trinajstić information content (AvgIpc) is 2.27. The van der Waals surface area contributed by atoms with Crippen LogP contribution in [0.2, 0.25) is 0 Å². The second kappa shape index (κ2) is 7.17. The Labute approximate surface area is 110 Å². The Bertz CT molecular complexity index is 258. The summed E-state index contributed by atoms with van der Waals surface area (Å²) in [5.74, 6) is 0. The molecule has 1 rings (SSSR count). The predicted molar refractivity (Wildman–Crippen MR) is 60.1 cm³/mol. The van der Waals surface area contributed by atoms with Crippen molar-refractivity contribution in [2.75, 3.05) is 26.7 Å². The summed E-state index contributed by atoms with van der Waals surface area (Å²) in [6, 6.07) is 4.21. The highest BCUT2D eigenvalue weighted by atomic mass is 127. The van der Waals surface area contributed by atoms with Gasteiger partial charge in [-0.1, -0.05) is 0 Å². The van der Waals surface area contributed by atoms with Crippen LogP contribution in [0, 0.1) is 0 Å². The molecule has 0 saturated carbocycles. The number of nitrogens with zero attached hydrogens (tertiary/aromatic N) is 2. The quantitative estimate of drug-likeness (QED) is 0.507. The second-order valence-corrected chi connectivity index (χ2v) is 4.08. The smallest absolute Gasteiger partial charge is 0.0825 e. The molecule has 0 spiro atoms. The SMILES string of the molecule is CC[N+](C)(CC)CCc1ccncc1.[I-]. The van der Waals surface area contributed by atoms with Crippen molar-refractivity contribution >= 4 is 0 Å². The number of rotatable bonds is 5. The molecule has 1 aromatic heterocycles. The lowest BCUT2D eigenvalue weighted by Gasteiger charge is -2.32. The molecule has 0 aliphatic rings. The largest absolute Gasteiger partial charge is 1.00 e. The monoisotopic (exact) mass is 320 g/mol. The average molecular weight is 320 g/mol. The van der Waals surface area contributed by atoms with E-state index in [1.54, 1.807) is 0 Å². The number of hydrogen-bond donors (Lipinski definition) is 0. The molecule has 0 saturated heterocycles. The molecule has 1 aromatic rings. The van der Waals surface area contributed by atoms with E-state index < -0.39 is 0 Å². The van der Waals surface area contributed by atoms with Crippen molar-refractivity contribution < 1.29 is 28.5 Å². The van der Waals surface area contributed by atoms with Gasteiger partial charge in [-0.15, -0.1) is 0 Å². The molecule has 0 aromatic carbocycles. The Morgan fingerprint density at radius 1 is 1.13 bits per heavy atom. The van der Waals surface area contributed by atoms with Gasteiger partial charge in [0.25, 0.3) is 0 Å². The fourth-order valence-corrected chi connectivity index (χ4v) is 1.49. The van der Waals surface area contributed by atoms with Crippen LogP contribution in [-0.2, 0) is 6.42 Å². The van der Waals surface area contributed by atoms with E-state index in [2.05, 4.69) is 38.0 Å². The Morgan fingerprint density at radius 3 is 2.13 bits per heavy atom. The van der Waals surface area contributed by atoms with Crippen LogP contribution in [0.15, 0.2) is 24.5 Å². The van der Waals surface area contributed by atoms with Gasteiger partial charge in [0.2, 0.25) is 0 Å². The van der Waals surface area contributed by atoms with Gasteiger partial charge in [-0.25, -0.2) is 0 Å². The molecule has 2 nitrogen and oxygen atoms in total. The van der Waals surface area contributed by atoms with Crippen molar-refractivity contribution in [3.05, 3.63) is 30.1 Å². The minimum atomic E-state index is 0. The molecule has 1 heterocycles. The van der Waals surface area contributed by atoms with E-state index in [-0.39, 0.29) is 24.0 Å². The fourth-order valence-electron chi connectivity index (χ4n) is 1.49. The lowest BCUT2D eigenvalue weighted by molar-refractivity contribution is -0.905. The summed E-state index contributed by atoms with van der Waals surface area (Å²) in [5, 5.41) is 0. The van der Waals surface area contributed by atoms with Crippen molar-refractivity contribution in [2.24, 2.45) is 0 Å². The third-order valence-electron chi connectivity index (χ3n) is 3.22. The Kier molecular flexibility index (Phi) is 7.09. The van der Waals surface area contributed by atoms with Crippen LogP contribution in [0.5, 0.6) is 0 Å². The maximum atomic E-state index is 4.03. The molecule has 15 heavy (non-hydrogen) atoms. The second-order valence-electron chi connectivity index (χ2n) is 4.08. The molecule has 86 valence electrons. The zero-order valence-electron chi connectivity index (χ0n) is 9.91. The first-order chi connectivity index (χ1) is 6.70. The van der Waals surface area contributed by atoms with Gasteiger partial charge in [-0.3, -0.25) is 4.98 Å². The number of hydrogen-bond acceptors (Lipinski definition) is 1. The lowest BCUT2D eigenvalue weighted by Crippen LogP contribution is -3.00. The van der Waals surface area contributed by atoms with Gasteiger partial charge in [0.05, 0.1) is 26.7 Å². The van der Waals surface area contributed by atoms with Gasteiger partial charge >= 0.3 is 0 Å². The van der Waals surface area contributed by atoms with Gasteiger partial charge in [0, 0.05) is 18.8 Å². The fraction of sp³-hybridized carbons (Fsp3) is 0.583. The third-order valence-corrected chi connectivity index (χ3v) is 3.22. The topological polar surface area (TPSA) is 12.9 Å². The van der Waals surface area contributed by atoms with Crippen LogP contribution in [0.1, 0.15) is 19.4 Å². The third kappa shape index (κ3) is 4.93. The summed E-state index contributed by atoms with van der Waals surface area (Å²) >= 11 is 0. The summed E-state index contributed by atoms with van der Waals surface area (Å²) in [6.07, 6.45) is 4.90. The van der Waals surface area contributed by atoms with Gasteiger partial charge in [0.1, 0.15) is 0 Å². The molecule has 0 unspecified atom stereocenters. The highest BCUT2D eigenvalue weighted by Gasteiger charge is 2.15. The highest BCUT2D eigenvalue weighted by molar-refractivity contribution is 5.09. The van der Waals surface area contributed by atoms with Crippen LogP contribution < -0.4 is 24.0 Å². The Hall–Kier alpha value is -0.160. The normalized spacial score (nSPS) is 10.9. The first-order valence-electron chi connectivity index (χ1n) is 5.42. The molecule has 0 aliphatic heterocycles. The number of quaternary nitrogens is 1. The van der Waals surface area contributed by atoms with Crippen molar-refractivity contribution in [2.45, 2.75) is 20.3 Å². The van der Waals surface area contributed by atoms with E-state index in [0.29, 0.717) is 0 Å². The van der Waals surface area contributed by atoms with Crippen molar-refractivity contribution in [1.82, 2.24) is 4.98 Å². The minimum Gasteiger partial charge on any atom is -1.00 e. The summed E-state index contributed by atoms with van der Waals surface area (Å²) in [5.41, 5.74) is 1.39. The zero-order valence-corrected chi connectivity index (χ0v) is 12.1. The maximum Gasteiger partial charge on any atom is 0.0825 e. The summed E-state index contributed by atoms with van der Waals surface area (Å²) in [6.45, 7) is 8.16. The first kappa shape index (κ1) is 14.8. The summed E-state index contributed by atoms with van der Waals surface area (Å²) in [4.78, 5) is 4.03. The van der Waals surface area contributed by atoms with Crippen molar-refractivity contribution in [1.29, 1.82) is 0 Å². The Balaban J connectivity index is 0.00000196. The van der Waals surface area contributed by atoms with Crippen LogP contribution in [-0.4, -0.2) is 36.1 Å². The van der Waals surface area contributed by atoms with E-state index in [1.165, 1.54) is 25.2 Å². The van der Waals surface area contributed by atoms with E-state index >= 15 is 0 Å². The van der Waals surface area contributed by atoms with Crippen LogP contribution in [0.4, 0.5) is 0 Å². The van der Waals surface area contributed by atoms with Gasteiger partial charge in [-0.05, 0) is 31.5 Å². The number of pyridine rings is 1. The van der Waals surface area contributed by atoms with Crippen molar-refractivity contribution in [3.63, 3.8) is 0 Å². The van der Waals surface area contributed by atoms with Gasteiger partial charge < -0.3 is 28.5 Å². The van der Waals surface area contributed by atoms with Crippen LogP contribution in [0.3, 0.4) is 0 Å². The molecule has 0 radical (unpaired) electrons. The molecular weight excluding hydrogens is 299 g/mol. The Morgan fingerprint density at radius 2 is 1.67 bits per heavy atom. The summed E-state index contributed by atoms with van der Waals surface area (Å²) < 4.78 is 1.16. The molecular formula is C12H21IN2. The first-order valence-corrected chi connectivity index (χ1v) is 5.42. The van der Waals surface area contributed by atoms with Gasteiger partial charge in [0.15, 0.2) is 0 Å². The van der Waals surface area contributed by atoms with E-state index in [0.717, 1.165) is 10.9 Å². The molecule has 0 bridgehead atoms. The lowest BCUT2D eigenvalue weighted by atomic mass is 10.2. The van der Waals surface area contributed by atoms with Crippen molar-refractivity contribution in [3.8, 4) is 0 Å². The van der Waals surface area contributed by atoms with Crippen LogP contribution in [0.25, 0.3) is 0 Å². The number of aromatic nitrogens is 1. The zero-order chi connectivity index (χ0) is 10.4. The standard InChI is InChI=1S/C12H21N2.HI/c1-4-14(3,5-2)11-8-12-6-9-13-10-7-12;/h6-7,9-10H,4-5,8,11H2,1-3H3;1H/q+1;/p-1. The maximum absolute atomic E-state index is 4.03. The highest BCUT2D eigenvalue weighted by Crippen LogP contribution is 2.05. The van der Waals surface area contributed by atoms with E-state index in [9.17, 15) is 0 Å². The summed E-state index contributed by atoms with van der Waals surface area (Å²) in [7, 11) is 2.32.